The van der Waals surface area contributed by atoms with E-state index in [1.54, 1.807) is 36.0 Å². The third-order valence-corrected chi connectivity index (χ3v) is 4.46. The van der Waals surface area contributed by atoms with Crippen LogP contribution >= 0.6 is 11.8 Å². The van der Waals surface area contributed by atoms with E-state index in [1.807, 2.05) is 42.5 Å². The number of rotatable bonds is 8. The Morgan fingerprint density at radius 1 is 1.04 bits per heavy atom. The first-order valence-corrected chi connectivity index (χ1v) is 8.87. The van der Waals surface area contributed by atoms with Crippen LogP contribution in [0.1, 0.15) is 16.8 Å². The van der Waals surface area contributed by atoms with Crippen LogP contribution in [0.4, 0.5) is 0 Å². The maximum Gasteiger partial charge on any atom is 0.251 e. The maximum atomic E-state index is 12.3. The van der Waals surface area contributed by atoms with Crippen molar-refractivity contribution in [2.45, 2.75) is 17.4 Å². The van der Waals surface area contributed by atoms with E-state index in [9.17, 15) is 9.59 Å². The summed E-state index contributed by atoms with van der Waals surface area (Å²) in [5.74, 6) is 0.0194. The van der Waals surface area contributed by atoms with Gasteiger partial charge in [0.15, 0.2) is 0 Å². The lowest BCUT2D eigenvalue weighted by molar-refractivity contribution is -0.122. The van der Waals surface area contributed by atoms with Crippen molar-refractivity contribution in [3.8, 4) is 6.07 Å². The highest BCUT2D eigenvalue weighted by atomic mass is 32.2. The Bertz CT molecular complexity index is 729. The summed E-state index contributed by atoms with van der Waals surface area (Å²) >= 11 is 1.62. The molecule has 0 unspecified atom stereocenters. The lowest BCUT2D eigenvalue weighted by atomic mass is 10.1. The molecular weight excluding hydrogens is 334 g/mol. The molecule has 2 rings (SSSR count). The van der Waals surface area contributed by atoms with E-state index >= 15 is 0 Å². The van der Waals surface area contributed by atoms with E-state index in [-0.39, 0.29) is 18.4 Å². The molecule has 0 aromatic heterocycles. The molecular formula is C19H19N3O2S. The van der Waals surface area contributed by atoms with Crippen molar-refractivity contribution in [2.75, 3.05) is 12.3 Å². The van der Waals surface area contributed by atoms with Crippen molar-refractivity contribution >= 4 is 23.6 Å². The Hall–Kier alpha value is -2.78. The van der Waals surface area contributed by atoms with Gasteiger partial charge in [-0.1, -0.05) is 36.4 Å². The number of thioether (sulfide) groups is 1. The number of benzene rings is 2. The number of carbonyl (C=O) groups excluding carboxylic acids is 2. The monoisotopic (exact) mass is 353 g/mol. The fourth-order valence-corrected chi connectivity index (χ4v) is 3.10. The molecule has 0 bridgehead atoms. The van der Waals surface area contributed by atoms with Crippen LogP contribution in [0.15, 0.2) is 65.6 Å². The van der Waals surface area contributed by atoms with Crippen LogP contribution in [-0.2, 0) is 4.79 Å². The van der Waals surface area contributed by atoms with Gasteiger partial charge in [-0.25, -0.2) is 0 Å². The Balaban J connectivity index is 1.96. The molecule has 0 aliphatic heterocycles. The number of hydrogen-bond acceptors (Lipinski definition) is 4. The minimum Gasteiger partial charge on any atom is -0.341 e. The summed E-state index contributed by atoms with van der Waals surface area (Å²) in [4.78, 5) is 25.6. The van der Waals surface area contributed by atoms with Crippen LogP contribution in [0.3, 0.4) is 0 Å². The highest BCUT2D eigenvalue weighted by Crippen LogP contribution is 2.18. The minimum atomic E-state index is -0.683. The fourth-order valence-electron chi connectivity index (χ4n) is 2.16. The van der Waals surface area contributed by atoms with Gasteiger partial charge in [0.1, 0.15) is 12.6 Å². The second-order valence-corrected chi connectivity index (χ2v) is 6.39. The maximum absolute atomic E-state index is 12.3. The summed E-state index contributed by atoms with van der Waals surface area (Å²) in [5.41, 5.74) is 0.497. The minimum absolute atomic E-state index is 0.0810. The lowest BCUT2D eigenvalue weighted by Crippen LogP contribution is -2.47. The van der Waals surface area contributed by atoms with Gasteiger partial charge in [0.2, 0.25) is 5.91 Å². The van der Waals surface area contributed by atoms with Gasteiger partial charge in [0.25, 0.3) is 5.91 Å². The molecule has 2 aromatic rings. The molecule has 0 saturated carbocycles. The SMILES string of the molecule is N#CCNC(=O)[C@@H](CCSc1ccccc1)NC(=O)c1ccccc1. The molecule has 0 aliphatic carbocycles. The van der Waals surface area contributed by atoms with Gasteiger partial charge >= 0.3 is 0 Å². The third kappa shape index (κ3) is 6.32. The average Bonchev–Trinajstić information content (AvgIpc) is 2.66. The molecule has 2 N–H and O–H groups in total. The summed E-state index contributed by atoms with van der Waals surface area (Å²) in [6, 6.07) is 19.8. The number of nitrogens with zero attached hydrogens (tertiary/aromatic N) is 1. The van der Waals surface area contributed by atoms with Crippen LogP contribution < -0.4 is 10.6 Å². The van der Waals surface area contributed by atoms with Crippen molar-refractivity contribution in [2.24, 2.45) is 0 Å². The molecule has 0 radical (unpaired) electrons. The quantitative estimate of drug-likeness (QED) is 0.564. The van der Waals surface area contributed by atoms with Crippen LogP contribution in [-0.4, -0.2) is 30.2 Å². The molecule has 1 atom stereocenters. The summed E-state index contributed by atoms with van der Waals surface area (Å²) in [7, 11) is 0. The molecule has 0 aliphatic rings. The van der Waals surface area contributed by atoms with Crippen molar-refractivity contribution in [1.82, 2.24) is 10.6 Å². The van der Waals surface area contributed by atoms with Crippen LogP contribution in [0.2, 0.25) is 0 Å². The Morgan fingerprint density at radius 3 is 2.32 bits per heavy atom. The van der Waals surface area contributed by atoms with Crippen molar-refractivity contribution < 1.29 is 9.59 Å². The summed E-state index contributed by atoms with van der Waals surface area (Å²) in [6.07, 6.45) is 0.468. The van der Waals surface area contributed by atoms with E-state index < -0.39 is 6.04 Å². The van der Waals surface area contributed by atoms with E-state index in [2.05, 4.69) is 10.6 Å². The molecule has 0 saturated heterocycles. The van der Waals surface area contributed by atoms with Gasteiger partial charge in [-0.05, 0) is 30.7 Å². The molecule has 2 amide bonds. The second kappa shape index (κ2) is 10.2. The predicted octanol–water partition coefficient (Wildman–Crippen LogP) is 2.61. The smallest absolute Gasteiger partial charge is 0.251 e. The van der Waals surface area contributed by atoms with E-state index in [1.165, 1.54) is 0 Å². The molecule has 0 heterocycles. The number of amides is 2. The highest BCUT2D eigenvalue weighted by molar-refractivity contribution is 7.99. The third-order valence-electron chi connectivity index (χ3n) is 3.42. The number of nitriles is 1. The average molecular weight is 353 g/mol. The zero-order chi connectivity index (χ0) is 17.9. The summed E-state index contributed by atoms with van der Waals surface area (Å²) < 4.78 is 0. The summed E-state index contributed by atoms with van der Waals surface area (Å²) in [6.45, 7) is -0.0810. The van der Waals surface area contributed by atoms with Crippen LogP contribution in [0.5, 0.6) is 0 Å². The normalized spacial score (nSPS) is 11.2. The van der Waals surface area contributed by atoms with E-state index in [0.717, 1.165) is 4.90 Å². The molecule has 128 valence electrons. The van der Waals surface area contributed by atoms with Crippen molar-refractivity contribution in [3.05, 3.63) is 66.2 Å². The topological polar surface area (TPSA) is 82.0 Å². The van der Waals surface area contributed by atoms with Gasteiger partial charge < -0.3 is 10.6 Å². The zero-order valence-electron chi connectivity index (χ0n) is 13.6. The van der Waals surface area contributed by atoms with Gasteiger partial charge in [0, 0.05) is 16.2 Å². The molecule has 2 aromatic carbocycles. The fraction of sp³-hybridized carbons (Fsp3) is 0.211. The zero-order valence-corrected chi connectivity index (χ0v) is 14.5. The molecule has 0 fully saturated rings. The standard InChI is InChI=1S/C19H19N3O2S/c20-12-13-21-19(24)17(11-14-25-16-9-5-2-6-10-16)22-18(23)15-7-3-1-4-8-15/h1-10,17H,11,13-14H2,(H,21,24)(H,22,23)/t17-/m1/s1. The number of hydrogen-bond donors (Lipinski definition) is 2. The van der Waals surface area contributed by atoms with Gasteiger partial charge in [0.05, 0.1) is 6.07 Å². The number of carbonyl (C=O) groups is 2. The van der Waals surface area contributed by atoms with Gasteiger partial charge in [-0.3, -0.25) is 9.59 Å². The number of nitrogens with one attached hydrogen (secondary N) is 2. The van der Waals surface area contributed by atoms with E-state index in [0.29, 0.717) is 17.7 Å². The lowest BCUT2D eigenvalue weighted by Gasteiger charge is -2.17. The predicted molar refractivity (Wildman–Crippen MR) is 98.1 cm³/mol. The molecule has 6 heteroatoms. The van der Waals surface area contributed by atoms with Crippen LogP contribution in [0, 0.1) is 11.3 Å². The first-order chi connectivity index (χ1) is 12.2. The first-order valence-electron chi connectivity index (χ1n) is 7.89. The molecule has 0 spiro atoms. The van der Waals surface area contributed by atoms with E-state index in [4.69, 9.17) is 5.26 Å². The first kappa shape index (κ1) is 18.6. The second-order valence-electron chi connectivity index (χ2n) is 5.22. The van der Waals surface area contributed by atoms with Crippen molar-refractivity contribution in [3.63, 3.8) is 0 Å². The molecule has 25 heavy (non-hydrogen) atoms. The Labute approximate surface area is 151 Å². The van der Waals surface area contributed by atoms with Crippen LogP contribution in [0.25, 0.3) is 0 Å². The molecule has 5 nitrogen and oxygen atoms in total. The Kier molecular flexibility index (Phi) is 7.54. The Morgan fingerprint density at radius 2 is 1.68 bits per heavy atom. The highest BCUT2D eigenvalue weighted by Gasteiger charge is 2.21. The van der Waals surface area contributed by atoms with Gasteiger partial charge in [-0.15, -0.1) is 11.8 Å². The van der Waals surface area contributed by atoms with Gasteiger partial charge in [-0.2, -0.15) is 5.26 Å². The van der Waals surface area contributed by atoms with Crippen molar-refractivity contribution in [1.29, 1.82) is 5.26 Å². The largest absolute Gasteiger partial charge is 0.341 e. The summed E-state index contributed by atoms with van der Waals surface area (Å²) in [5, 5.41) is 13.9.